The number of alkyl halides is 1. The number of rotatable bonds is 8. The van der Waals surface area contributed by atoms with Gasteiger partial charge in [-0.05, 0) is 37.1 Å². The van der Waals surface area contributed by atoms with Crippen molar-refractivity contribution in [1.82, 2.24) is 4.72 Å². The Labute approximate surface area is 113 Å². The molecular formula is C12H18ClNO3S. The van der Waals surface area contributed by atoms with Gasteiger partial charge in [0.2, 0.25) is 10.0 Å². The number of sulfonamides is 1. The summed E-state index contributed by atoms with van der Waals surface area (Å²) in [6.45, 7) is 0.436. The summed E-state index contributed by atoms with van der Waals surface area (Å²) >= 11 is 5.54. The van der Waals surface area contributed by atoms with Crippen molar-refractivity contribution in [3.8, 4) is 5.75 Å². The third kappa shape index (κ3) is 4.84. The molecule has 0 saturated carbocycles. The topological polar surface area (TPSA) is 55.4 Å². The lowest BCUT2D eigenvalue weighted by molar-refractivity contribution is 0.414. The van der Waals surface area contributed by atoms with Gasteiger partial charge < -0.3 is 4.74 Å². The smallest absolute Gasteiger partial charge is 0.240 e. The SMILES string of the molecule is COc1ccc(S(=O)(=O)NCCCCCCl)cc1. The molecule has 0 saturated heterocycles. The standard InChI is InChI=1S/C12H18ClNO3S/c1-17-11-5-7-12(8-6-11)18(15,16)14-10-4-2-3-9-13/h5-8,14H,2-4,9-10H2,1H3. The van der Waals surface area contributed by atoms with Crippen molar-refractivity contribution < 1.29 is 13.2 Å². The van der Waals surface area contributed by atoms with Gasteiger partial charge in [0.15, 0.2) is 0 Å². The van der Waals surface area contributed by atoms with Gasteiger partial charge >= 0.3 is 0 Å². The summed E-state index contributed by atoms with van der Waals surface area (Å²) in [5.41, 5.74) is 0. The normalized spacial score (nSPS) is 11.4. The van der Waals surface area contributed by atoms with Gasteiger partial charge in [0.1, 0.15) is 5.75 Å². The van der Waals surface area contributed by atoms with Crippen LogP contribution in [-0.2, 0) is 10.0 Å². The minimum absolute atomic E-state index is 0.251. The highest BCUT2D eigenvalue weighted by Crippen LogP contribution is 2.15. The molecule has 0 aliphatic heterocycles. The van der Waals surface area contributed by atoms with Gasteiger partial charge in [-0.2, -0.15) is 0 Å². The van der Waals surface area contributed by atoms with E-state index >= 15 is 0 Å². The molecule has 1 N–H and O–H groups in total. The van der Waals surface area contributed by atoms with Crippen LogP contribution in [0.2, 0.25) is 0 Å². The Morgan fingerprint density at radius 2 is 1.83 bits per heavy atom. The van der Waals surface area contributed by atoms with Gasteiger partial charge in [-0.25, -0.2) is 13.1 Å². The van der Waals surface area contributed by atoms with Crippen molar-refractivity contribution in [2.24, 2.45) is 0 Å². The van der Waals surface area contributed by atoms with E-state index in [9.17, 15) is 8.42 Å². The number of halogens is 1. The van der Waals surface area contributed by atoms with Crippen LogP contribution in [0, 0.1) is 0 Å². The first-order chi connectivity index (χ1) is 8.60. The Kier molecular flexibility index (Phi) is 6.46. The summed E-state index contributed by atoms with van der Waals surface area (Å²) in [6, 6.07) is 6.31. The van der Waals surface area contributed by atoms with Crippen molar-refractivity contribution in [1.29, 1.82) is 0 Å². The number of methoxy groups -OCH3 is 1. The van der Waals surface area contributed by atoms with Crippen LogP contribution in [0.15, 0.2) is 29.2 Å². The molecule has 1 aromatic rings. The highest BCUT2D eigenvalue weighted by molar-refractivity contribution is 7.89. The fraction of sp³-hybridized carbons (Fsp3) is 0.500. The maximum Gasteiger partial charge on any atom is 0.240 e. The van der Waals surface area contributed by atoms with E-state index in [1.54, 1.807) is 19.2 Å². The predicted molar refractivity (Wildman–Crippen MR) is 72.8 cm³/mol. The summed E-state index contributed by atoms with van der Waals surface area (Å²) in [6.07, 6.45) is 2.63. The van der Waals surface area contributed by atoms with Gasteiger partial charge in [0.25, 0.3) is 0 Å². The maximum atomic E-state index is 11.9. The Hall–Kier alpha value is -0.780. The van der Waals surface area contributed by atoms with Crippen LogP contribution in [0.4, 0.5) is 0 Å². The molecule has 1 aromatic carbocycles. The lowest BCUT2D eigenvalue weighted by Crippen LogP contribution is -2.24. The van der Waals surface area contributed by atoms with E-state index in [2.05, 4.69) is 4.72 Å². The second kappa shape index (κ2) is 7.61. The minimum atomic E-state index is -3.41. The second-order valence-electron chi connectivity index (χ2n) is 3.82. The quantitative estimate of drug-likeness (QED) is 0.591. The number of benzene rings is 1. The summed E-state index contributed by atoms with van der Waals surface area (Å²) in [5.74, 6) is 1.25. The molecular weight excluding hydrogens is 274 g/mol. The molecule has 4 nitrogen and oxygen atoms in total. The van der Waals surface area contributed by atoms with Crippen LogP contribution in [0.25, 0.3) is 0 Å². The first kappa shape index (κ1) is 15.3. The highest BCUT2D eigenvalue weighted by Gasteiger charge is 2.12. The van der Waals surface area contributed by atoms with Gasteiger partial charge in [0, 0.05) is 12.4 Å². The molecule has 18 heavy (non-hydrogen) atoms. The van der Waals surface area contributed by atoms with Crippen molar-refractivity contribution in [2.45, 2.75) is 24.2 Å². The van der Waals surface area contributed by atoms with E-state index in [1.165, 1.54) is 12.1 Å². The number of hydrogen-bond donors (Lipinski definition) is 1. The Balaban J connectivity index is 2.51. The van der Waals surface area contributed by atoms with Crippen LogP contribution in [-0.4, -0.2) is 28.0 Å². The van der Waals surface area contributed by atoms with Crippen molar-refractivity contribution in [3.05, 3.63) is 24.3 Å². The lowest BCUT2D eigenvalue weighted by Gasteiger charge is -2.07. The average Bonchev–Trinajstić information content (AvgIpc) is 2.38. The highest BCUT2D eigenvalue weighted by atomic mass is 35.5. The third-order valence-electron chi connectivity index (χ3n) is 2.47. The molecule has 0 spiro atoms. The Bertz CT molecular complexity index is 445. The molecule has 0 aliphatic rings. The number of ether oxygens (including phenoxy) is 1. The Morgan fingerprint density at radius 1 is 1.17 bits per heavy atom. The molecule has 0 fully saturated rings. The van der Waals surface area contributed by atoms with Gasteiger partial charge in [0.05, 0.1) is 12.0 Å². The van der Waals surface area contributed by atoms with E-state index in [0.29, 0.717) is 18.2 Å². The Morgan fingerprint density at radius 3 is 2.39 bits per heavy atom. The van der Waals surface area contributed by atoms with E-state index in [4.69, 9.17) is 16.3 Å². The minimum Gasteiger partial charge on any atom is -0.497 e. The predicted octanol–water partition coefficient (Wildman–Crippen LogP) is 2.38. The maximum absolute atomic E-state index is 11.9. The largest absolute Gasteiger partial charge is 0.497 e. The average molecular weight is 292 g/mol. The molecule has 0 atom stereocenters. The molecule has 6 heteroatoms. The third-order valence-corrected chi connectivity index (χ3v) is 4.22. The fourth-order valence-electron chi connectivity index (χ4n) is 1.44. The van der Waals surface area contributed by atoms with E-state index in [-0.39, 0.29) is 4.90 Å². The molecule has 102 valence electrons. The van der Waals surface area contributed by atoms with E-state index in [0.717, 1.165) is 19.3 Å². The molecule has 1 rings (SSSR count). The fourth-order valence-corrected chi connectivity index (χ4v) is 2.70. The van der Waals surface area contributed by atoms with Gasteiger partial charge in [-0.3, -0.25) is 0 Å². The molecule has 0 radical (unpaired) electrons. The number of nitrogens with one attached hydrogen (secondary N) is 1. The zero-order valence-corrected chi connectivity index (χ0v) is 11.9. The monoisotopic (exact) mass is 291 g/mol. The van der Waals surface area contributed by atoms with E-state index < -0.39 is 10.0 Å². The summed E-state index contributed by atoms with van der Waals surface area (Å²) < 4.78 is 31.3. The lowest BCUT2D eigenvalue weighted by atomic mass is 10.2. The molecule has 0 amide bonds. The molecule has 0 aliphatic carbocycles. The van der Waals surface area contributed by atoms with Crippen LogP contribution < -0.4 is 9.46 Å². The summed E-state index contributed by atoms with van der Waals surface area (Å²) in [4.78, 5) is 0.251. The molecule has 0 aromatic heterocycles. The van der Waals surface area contributed by atoms with Crippen molar-refractivity contribution in [2.75, 3.05) is 19.5 Å². The zero-order chi connectivity index (χ0) is 13.4. The second-order valence-corrected chi connectivity index (χ2v) is 5.97. The van der Waals surface area contributed by atoms with Crippen LogP contribution in [0.3, 0.4) is 0 Å². The number of hydrogen-bond acceptors (Lipinski definition) is 3. The van der Waals surface area contributed by atoms with Crippen LogP contribution in [0.1, 0.15) is 19.3 Å². The molecule has 0 heterocycles. The summed E-state index contributed by atoms with van der Waals surface area (Å²) in [5, 5.41) is 0. The van der Waals surface area contributed by atoms with Crippen LogP contribution in [0.5, 0.6) is 5.75 Å². The first-order valence-corrected chi connectivity index (χ1v) is 7.81. The summed E-state index contributed by atoms with van der Waals surface area (Å²) in [7, 11) is -1.87. The molecule has 0 bridgehead atoms. The molecule has 0 unspecified atom stereocenters. The number of unbranched alkanes of at least 4 members (excludes halogenated alkanes) is 2. The van der Waals surface area contributed by atoms with Crippen molar-refractivity contribution >= 4 is 21.6 Å². The van der Waals surface area contributed by atoms with Gasteiger partial charge in [-0.1, -0.05) is 6.42 Å². The van der Waals surface area contributed by atoms with Crippen LogP contribution >= 0.6 is 11.6 Å². The zero-order valence-electron chi connectivity index (χ0n) is 10.4. The first-order valence-electron chi connectivity index (χ1n) is 5.80. The van der Waals surface area contributed by atoms with Gasteiger partial charge in [-0.15, -0.1) is 11.6 Å². The van der Waals surface area contributed by atoms with Crippen molar-refractivity contribution in [3.63, 3.8) is 0 Å². The van der Waals surface area contributed by atoms with E-state index in [1.807, 2.05) is 0 Å².